The minimum Gasteiger partial charge on any atom is -0.455 e. The van der Waals surface area contributed by atoms with Crippen LogP contribution in [0.15, 0.2) is 70.2 Å². The molecule has 10 heteroatoms. The first-order valence-electron chi connectivity index (χ1n) is 8.33. The summed E-state index contributed by atoms with van der Waals surface area (Å²) < 4.78 is 5.53. The average Bonchev–Trinajstić information content (AvgIpc) is 3.17. The first-order valence-corrected chi connectivity index (χ1v) is 8.33. The van der Waals surface area contributed by atoms with Gasteiger partial charge in [0.05, 0.1) is 28.0 Å². The SMILES string of the molecule is O=C(Cc1ccc([N+](=O)[O-])cc1)N/N=C/c1ccc(-c2ccccc2[N+](=O)[O-])o1. The molecule has 1 heterocycles. The van der Waals surface area contributed by atoms with E-state index >= 15 is 0 Å². The highest BCUT2D eigenvalue weighted by Gasteiger charge is 2.16. The first kappa shape index (κ1) is 19.4. The molecule has 29 heavy (non-hydrogen) atoms. The minimum atomic E-state index is -0.518. The Balaban J connectivity index is 1.61. The number of carbonyl (C=O) groups is 1. The molecule has 0 atom stereocenters. The average molecular weight is 394 g/mol. The van der Waals surface area contributed by atoms with Crippen LogP contribution in [-0.2, 0) is 11.2 Å². The van der Waals surface area contributed by atoms with Crippen LogP contribution in [0, 0.1) is 20.2 Å². The Morgan fingerprint density at radius 3 is 2.41 bits per heavy atom. The van der Waals surface area contributed by atoms with E-state index in [4.69, 9.17) is 4.42 Å². The quantitative estimate of drug-likeness (QED) is 0.369. The predicted octanol–water partition coefficient (Wildman–Crippen LogP) is 3.46. The van der Waals surface area contributed by atoms with Gasteiger partial charge in [0, 0.05) is 18.2 Å². The molecule has 3 aromatic rings. The van der Waals surface area contributed by atoms with Gasteiger partial charge in [-0.3, -0.25) is 25.0 Å². The summed E-state index contributed by atoms with van der Waals surface area (Å²) in [7, 11) is 0. The van der Waals surface area contributed by atoms with Crippen LogP contribution in [-0.4, -0.2) is 22.0 Å². The Morgan fingerprint density at radius 1 is 1.00 bits per heavy atom. The Kier molecular flexibility index (Phi) is 5.74. The lowest BCUT2D eigenvalue weighted by atomic mass is 10.1. The van der Waals surface area contributed by atoms with Gasteiger partial charge in [-0.1, -0.05) is 24.3 Å². The van der Waals surface area contributed by atoms with Crippen molar-refractivity contribution in [3.8, 4) is 11.3 Å². The van der Waals surface area contributed by atoms with Crippen LogP contribution in [0.4, 0.5) is 11.4 Å². The van der Waals surface area contributed by atoms with Crippen molar-refractivity contribution in [1.29, 1.82) is 0 Å². The zero-order valence-electron chi connectivity index (χ0n) is 14.8. The van der Waals surface area contributed by atoms with Crippen molar-refractivity contribution in [2.75, 3.05) is 0 Å². The van der Waals surface area contributed by atoms with E-state index < -0.39 is 15.8 Å². The summed E-state index contributed by atoms with van der Waals surface area (Å²) in [6.07, 6.45) is 1.26. The van der Waals surface area contributed by atoms with E-state index in [1.807, 2.05) is 0 Å². The summed E-state index contributed by atoms with van der Waals surface area (Å²) in [4.78, 5) is 32.6. The Morgan fingerprint density at radius 2 is 1.72 bits per heavy atom. The second-order valence-corrected chi connectivity index (χ2v) is 5.87. The summed E-state index contributed by atoms with van der Waals surface area (Å²) in [5.74, 6) is 0.185. The molecule has 1 N–H and O–H groups in total. The Hall–Kier alpha value is -4.34. The van der Waals surface area contributed by atoms with Crippen molar-refractivity contribution in [2.45, 2.75) is 6.42 Å². The second kappa shape index (κ2) is 8.57. The summed E-state index contributed by atoms with van der Waals surface area (Å²) >= 11 is 0. The number of hydrazone groups is 1. The van der Waals surface area contributed by atoms with Crippen molar-refractivity contribution in [3.05, 3.63) is 92.2 Å². The maximum absolute atomic E-state index is 11.9. The lowest BCUT2D eigenvalue weighted by Crippen LogP contribution is -2.19. The van der Waals surface area contributed by atoms with E-state index in [1.54, 1.807) is 30.3 Å². The fourth-order valence-electron chi connectivity index (χ4n) is 2.54. The van der Waals surface area contributed by atoms with Crippen LogP contribution < -0.4 is 5.43 Å². The number of rotatable bonds is 7. The third-order valence-corrected chi connectivity index (χ3v) is 3.89. The summed E-state index contributed by atoms with van der Waals surface area (Å²) in [6.45, 7) is 0. The first-order chi connectivity index (χ1) is 13.9. The van der Waals surface area contributed by atoms with Crippen molar-refractivity contribution in [3.63, 3.8) is 0 Å². The Labute approximate surface area is 163 Å². The van der Waals surface area contributed by atoms with Crippen LogP contribution in [0.2, 0.25) is 0 Å². The number of benzene rings is 2. The third kappa shape index (κ3) is 4.89. The van der Waals surface area contributed by atoms with Gasteiger partial charge in [-0.15, -0.1) is 0 Å². The molecule has 10 nitrogen and oxygen atoms in total. The van der Waals surface area contributed by atoms with Crippen molar-refractivity contribution < 1.29 is 19.1 Å². The zero-order valence-corrected chi connectivity index (χ0v) is 14.8. The number of nitrogens with zero attached hydrogens (tertiary/aromatic N) is 3. The van der Waals surface area contributed by atoms with Gasteiger partial charge >= 0.3 is 0 Å². The molecular weight excluding hydrogens is 380 g/mol. The molecule has 1 aromatic heterocycles. The van der Waals surface area contributed by atoms with Gasteiger partial charge in [-0.2, -0.15) is 5.10 Å². The molecule has 0 spiro atoms. The topological polar surface area (TPSA) is 141 Å². The monoisotopic (exact) mass is 394 g/mol. The number of amides is 1. The molecule has 0 saturated carbocycles. The molecule has 3 rings (SSSR count). The molecule has 146 valence electrons. The fraction of sp³-hybridized carbons (Fsp3) is 0.0526. The normalized spacial score (nSPS) is 10.8. The number of hydrogen-bond acceptors (Lipinski definition) is 7. The molecule has 0 saturated heterocycles. The highest BCUT2D eigenvalue weighted by Crippen LogP contribution is 2.30. The van der Waals surface area contributed by atoms with Crippen LogP contribution in [0.1, 0.15) is 11.3 Å². The van der Waals surface area contributed by atoms with E-state index in [1.165, 1.54) is 36.5 Å². The molecule has 0 aliphatic rings. The number of carbonyl (C=O) groups excluding carboxylic acids is 1. The predicted molar refractivity (Wildman–Crippen MR) is 103 cm³/mol. The van der Waals surface area contributed by atoms with E-state index in [0.29, 0.717) is 22.6 Å². The van der Waals surface area contributed by atoms with Crippen molar-refractivity contribution in [2.24, 2.45) is 5.10 Å². The highest BCUT2D eigenvalue weighted by molar-refractivity contribution is 5.82. The van der Waals surface area contributed by atoms with Gasteiger partial charge < -0.3 is 4.42 Å². The fourth-order valence-corrected chi connectivity index (χ4v) is 2.54. The van der Waals surface area contributed by atoms with E-state index in [0.717, 1.165) is 0 Å². The van der Waals surface area contributed by atoms with Gasteiger partial charge in [0.15, 0.2) is 0 Å². The smallest absolute Gasteiger partial charge is 0.280 e. The second-order valence-electron chi connectivity index (χ2n) is 5.87. The van der Waals surface area contributed by atoms with Crippen molar-refractivity contribution in [1.82, 2.24) is 5.43 Å². The number of hydrogen-bond donors (Lipinski definition) is 1. The van der Waals surface area contributed by atoms with Gasteiger partial charge in [0.2, 0.25) is 5.91 Å². The number of nitrogens with one attached hydrogen (secondary N) is 1. The van der Waals surface area contributed by atoms with E-state index in [9.17, 15) is 25.0 Å². The molecule has 1 amide bonds. The largest absolute Gasteiger partial charge is 0.455 e. The molecule has 0 aliphatic carbocycles. The van der Waals surface area contributed by atoms with E-state index in [-0.39, 0.29) is 17.8 Å². The number of nitro groups is 2. The van der Waals surface area contributed by atoms with Crippen LogP contribution in [0.3, 0.4) is 0 Å². The van der Waals surface area contributed by atoms with Gasteiger partial charge in [0.25, 0.3) is 11.4 Å². The lowest BCUT2D eigenvalue weighted by Gasteiger charge is -2.00. The third-order valence-electron chi connectivity index (χ3n) is 3.89. The maximum atomic E-state index is 11.9. The number of non-ortho nitro benzene ring substituents is 1. The van der Waals surface area contributed by atoms with Gasteiger partial charge in [0.1, 0.15) is 11.5 Å². The van der Waals surface area contributed by atoms with Crippen LogP contribution in [0.25, 0.3) is 11.3 Å². The number of nitro benzene ring substituents is 2. The summed E-state index contributed by atoms with van der Waals surface area (Å²) in [6, 6.07) is 14.9. The summed E-state index contributed by atoms with van der Waals surface area (Å²) in [5, 5.41) is 25.5. The standard InChI is InChI=1S/C19H14N4O6/c24-19(11-13-5-7-14(8-6-13)22(25)26)21-20-12-15-9-10-18(29-15)16-3-1-2-4-17(16)23(27)28/h1-10,12H,11H2,(H,21,24)/b20-12+. The van der Waals surface area contributed by atoms with Gasteiger partial charge in [-0.05, 0) is 23.8 Å². The van der Waals surface area contributed by atoms with Crippen molar-refractivity contribution >= 4 is 23.5 Å². The lowest BCUT2D eigenvalue weighted by molar-refractivity contribution is -0.384. The van der Waals surface area contributed by atoms with Crippen LogP contribution >= 0.6 is 0 Å². The van der Waals surface area contributed by atoms with E-state index in [2.05, 4.69) is 10.5 Å². The molecule has 0 bridgehead atoms. The number of para-hydroxylation sites is 1. The zero-order chi connectivity index (χ0) is 20.8. The molecular formula is C19H14N4O6. The van der Waals surface area contributed by atoms with Crippen LogP contribution in [0.5, 0.6) is 0 Å². The highest BCUT2D eigenvalue weighted by atomic mass is 16.6. The molecule has 0 radical (unpaired) electrons. The number of furan rings is 1. The summed E-state index contributed by atoms with van der Waals surface area (Å²) in [5.41, 5.74) is 3.12. The molecule has 2 aromatic carbocycles. The maximum Gasteiger partial charge on any atom is 0.280 e. The molecule has 0 unspecified atom stereocenters. The van der Waals surface area contributed by atoms with Gasteiger partial charge in [-0.25, -0.2) is 5.43 Å². The Bertz CT molecular complexity index is 1090. The molecule has 0 fully saturated rings. The molecule has 0 aliphatic heterocycles. The minimum absolute atomic E-state index is 0.00501.